The van der Waals surface area contributed by atoms with Crippen LogP contribution in [0.25, 0.3) is 23.3 Å². The van der Waals surface area contributed by atoms with Gasteiger partial charge in [-0.25, -0.2) is 18.2 Å². The van der Waals surface area contributed by atoms with E-state index in [1.165, 1.54) is 68.8 Å². The van der Waals surface area contributed by atoms with Gasteiger partial charge in [-0.2, -0.15) is 23.8 Å². The Hall–Kier alpha value is -3.38. The van der Waals surface area contributed by atoms with E-state index in [1.54, 1.807) is 0 Å². The first kappa shape index (κ1) is 41.4. The molecular weight excluding hydrogens is 793 g/mol. The monoisotopic (exact) mass is 824 g/mol. The molecule has 5 aromatic rings. The van der Waals surface area contributed by atoms with Crippen LogP contribution in [0, 0.1) is 6.08 Å². The van der Waals surface area contributed by atoms with E-state index in [9.17, 15) is 26.3 Å². The molecule has 0 saturated carbocycles. The maximum absolute atomic E-state index is 12.5. The van der Waals surface area contributed by atoms with Crippen LogP contribution in [0.1, 0.15) is 83.3 Å². The van der Waals surface area contributed by atoms with Crippen LogP contribution in [0.2, 0.25) is 0 Å². The van der Waals surface area contributed by atoms with Gasteiger partial charge in [0.1, 0.15) is 0 Å². The third kappa shape index (κ3) is 8.70. The van der Waals surface area contributed by atoms with Crippen molar-refractivity contribution in [2.45, 2.75) is 57.3 Å². The molecular formula is C43H34Cl2F6Zr-2. The van der Waals surface area contributed by atoms with Gasteiger partial charge in [-0.1, -0.05) is 57.4 Å². The van der Waals surface area contributed by atoms with Crippen molar-refractivity contribution in [3.05, 3.63) is 171 Å². The Morgan fingerprint density at radius 2 is 1.13 bits per heavy atom. The third-order valence-electron chi connectivity index (χ3n) is 9.41. The van der Waals surface area contributed by atoms with Crippen LogP contribution in [-0.4, -0.2) is 3.21 Å². The summed E-state index contributed by atoms with van der Waals surface area (Å²) in [4.78, 5) is 0. The van der Waals surface area contributed by atoms with Crippen molar-refractivity contribution in [1.29, 1.82) is 0 Å². The van der Waals surface area contributed by atoms with E-state index in [4.69, 9.17) is 0 Å². The van der Waals surface area contributed by atoms with Gasteiger partial charge in [0.25, 0.3) is 0 Å². The Morgan fingerprint density at radius 1 is 0.673 bits per heavy atom. The number of hydrogen-bond donors (Lipinski definition) is 0. The Morgan fingerprint density at radius 3 is 1.58 bits per heavy atom. The van der Waals surface area contributed by atoms with E-state index in [1.807, 2.05) is 30.3 Å². The first-order valence-electron chi connectivity index (χ1n) is 16.2. The number of allylic oxidation sites excluding steroid dienone is 2. The molecule has 0 fully saturated rings. The van der Waals surface area contributed by atoms with Crippen molar-refractivity contribution in [3.8, 4) is 11.1 Å². The van der Waals surface area contributed by atoms with Crippen molar-refractivity contribution in [2.24, 2.45) is 0 Å². The zero-order chi connectivity index (χ0) is 36.1. The van der Waals surface area contributed by atoms with Crippen molar-refractivity contribution in [1.82, 2.24) is 0 Å². The molecule has 0 radical (unpaired) electrons. The molecule has 0 atom stereocenters. The number of hydrogen-bond acceptors (Lipinski definition) is 0. The largest absolute Gasteiger partial charge is 1.00 e. The Kier molecular flexibility index (Phi) is 12.4. The minimum Gasteiger partial charge on any atom is -1.00 e. The maximum atomic E-state index is 12.5. The summed E-state index contributed by atoms with van der Waals surface area (Å²) in [6.45, 7) is 9.13. The van der Waals surface area contributed by atoms with E-state index in [2.05, 4.69) is 76.3 Å². The standard InChI is InChI=1S/C23H21.C15H8F6.C5H5.2ClH.Zr/c1-22(2)7-5-14-10-18-16(12-20(14)22)9-17-13-21-15(11-19(17)18)6-8-23(21,3)4;16-14(17,18)12-5-1-10(2-6-12)9-11-3-7-13(8-4-11)15(19,20)21;1-2-4-5-3-1;;;/h5-7,10-13H,9H2,1-4H3;1-8H;1-5H;2*1H;/q-1;;-1;;;+2/p-2. The van der Waals surface area contributed by atoms with Crippen molar-refractivity contribution >= 4 is 15.4 Å². The van der Waals surface area contributed by atoms with Crippen molar-refractivity contribution < 1.29 is 75.4 Å². The molecule has 0 heterocycles. The molecule has 0 saturated heterocycles. The van der Waals surface area contributed by atoms with E-state index in [0.717, 1.165) is 54.9 Å². The van der Waals surface area contributed by atoms with Gasteiger partial charge in [-0.05, 0) is 45.9 Å². The zero-order valence-corrected chi connectivity index (χ0v) is 32.7. The van der Waals surface area contributed by atoms with Crippen LogP contribution < -0.4 is 24.8 Å². The quantitative estimate of drug-likeness (QED) is 0.150. The molecule has 3 aliphatic carbocycles. The van der Waals surface area contributed by atoms with Crippen LogP contribution in [0.5, 0.6) is 0 Å². The molecule has 5 aromatic carbocycles. The van der Waals surface area contributed by atoms with Crippen LogP contribution in [-0.2, 0) is 53.8 Å². The van der Waals surface area contributed by atoms with Gasteiger partial charge in [-0.3, -0.25) is 6.08 Å². The number of fused-ring (bicyclic) bond motifs is 5. The molecule has 0 unspecified atom stereocenters. The molecule has 0 aromatic heterocycles. The summed E-state index contributed by atoms with van der Waals surface area (Å²) < 4.78 is 75.6. The van der Waals surface area contributed by atoms with Gasteiger partial charge >= 0.3 is 137 Å². The third-order valence-corrected chi connectivity index (χ3v) is 10.8. The molecule has 268 valence electrons. The minimum absolute atomic E-state index is 0. The number of alkyl halides is 6. The average Bonchev–Trinajstić information content (AvgIpc) is 3.87. The van der Waals surface area contributed by atoms with Crippen molar-refractivity contribution in [3.63, 3.8) is 0 Å². The van der Waals surface area contributed by atoms with Crippen LogP contribution in [0.15, 0.2) is 109 Å². The molecule has 9 heteroatoms. The number of benzene rings is 4. The molecule has 52 heavy (non-hydrogen) atoms. The summed E-state index contributed by atoms with van der Waals surface area (Å²) in [6, 6.07) is 28.8. The second-order valence-electron chi connectivity index (χ2n) is 13.8. The van der Waals surface area contributed by atoms with Crippen LogP contribution >= 0.6 is 0 Å². The Balaban J connectivity index is 0.000000198. The molecule has 3 aliphatic rings. The molecule has 0 amide bonds. The van der Waals surface area contributed by atoms with Gasteiger partial charge in [0.2, 0.25) is 0 Å². The summed E-state index contributed by atoms with van der Waals surface area (Å²) >= 11 is 0.898. The molecule has 8 rings (SSSR count). The Labute approximate surface area is 328 Å². The smallest absolute Gasteiger partial charge is 0.172 e. The fraction of sp³-hybridized carbons (Fsp3) is 0.209. The van der Waals surface area contributed by atoms with Crippen LogP contribution in [0.3, 0.4) is 0 Å². The maximum Gasteiger partial charge on any atom is -0.172 e. The first-order valence-corrected chi connectivity index (χ1v) is 17.4. The summed E-state index contributed by atoms with van der Waals surface area (Å²) in [5.41, 5.74) is 11.3. The predicted molar refractivity (Wildman–Crippen MR) is 186 cm³/mol. The molecule has 0 spiro atoms. The fourth-order valence-electron chi connectivity index (χ4n) is 6.54. The van der Waals surface area contributed by atoms with E-state index in [0.29, 0.717) is 14.3 Å². The summed E-state index contributed by atoms with van der Waals surface area (Å²) in [6.07, 6.45) is 2.54. The summed E-state index contributed by atoms with van der Waals surface area (Å²) in [5.74, 6) is 0. The average molecular weight is 827 g/mol. The second kappa shape index (κ2) is 15.5. The van der Waals surface area contributed by atoms with Gasteiger partial charge in [0.05, 0.1) is 0 Å². The van der Waals surface area contributed by atoms with E-state index < -0.39 is 23.5 Å². The van der Waals surface area contributed by atoms with Gasteiger partial charge in [-0.15, -0.1) is 11.6 Å². The molecule has 0 nitrogen and oxygen atoms in total. The molecule has 0 bridgehead atoms. The van der Waals surface area contributed by atoms with Gasteiger partial charge in [0, 0.05) is 5.41 Å². The summed E-state index contributed by atoms with van der Waals surface area (Å²) in [5, 5.41) is 0. The summed E-state index contributed by atoms with van der Waals surface area (Å²) in [7, 11) is 0. The topological polar surface area (TPSA) is 0 Å². The first-order chi connectivity index (χ1) is 23.4. The van der Waals surface area contributed by atoms with Gasteiger partial charge < -0.3 is 24.8 Å². The SMILES string of the molecule is CC1(C)[C-]=Cc2cc3c(cc21)Cc1cc2c(cc1-3)C=CC2(C)C.FC(F)(F)c1ccc([C](=[Zr+2])c2ccc(C(F)(F)F)cc2)cc1.[Cl-].[Cl-].c1cc[cH-]c1. The minimum atomic E-state index is -4.41. The van der Waals surface area contributed by atoms with Crippen LogP contribution in [0.4, 0.5) is 26.3 Å². The number of halogens is 8. The molecule has 0 N–H and O–H groups in total. The number of rotatable bonds is 2. The second-order valence-corrected chi connectivity index (χ2v) is 15.1. The predicted octanol–water partition coefficient (Wildman–Crippen LogP) is 5.92. The van der Waals surface area contributed by atoms with E-state index in [-0.39, 0.29) is 35.6 Å². The fourth-order valence-corrected chi connectivity index (χ4v) is 7.36. The Bertz CT molecular complexity index is 1950. The van der Waals surface area contributed by atoms with Gasteiger partial charge in [0.15, 0.2) is 0 Å². The normalized spacial score (nSPS) is 15.0. The zero-order valence-electron chi connectivity index (χ0n) is 28.8. The van der Waals surface area contributed by atoms with Crippen molar-refractivity contribution in [2.75, 3.05) is 0 Å². The van der Waals surface area contributed by atoms with E-state index >= 15 is 0 Å². The molecule has 0 aliphatic heterocycles.